The number of rotatable bonds is 9. The maximum Gasteiger partial charge on any atom is 0.169 e. The third kappa shape index (κ3) is 4.60. The Labute approximate surface area is 116 Å². The molecule has 1 N–H and O–H groups in total. The van der Waals surface area contributed by atoms with Gasteiger partial charge in [-0.25, -0.2) is 0 Å². The smallest absolute Gasteiger partial charge is 0.169 e. The van der Waals surface area contributed by atoms with Crippen LogP contribution in [-0.4, -0.2) is 26.0 Å². The third-order valence-corrected chi connectivity index (χ3v) is 3.46. The Morgan fingerprint density at radius 1 is 1.11 bits per heavy atom. The van der Waals surface area contributed by atoms with Crippen molar-refractivity contribution >= 4 is 0 Å². The minimum atomic E-state index is -0.139. The van der Waals surface area contributed by atoms with E-state index in [2.05, 4.69) is 35.6 Å². The zero-order valence-electron chi connectivity index (χ0n) is 12.0. The second-order valence-corrected chi connectivity index (χ2v) is 4.97. The van der Waals surface area contributed by atoms with E-state index < -0.39 is 0 Å². The van der Waals surface area contributed by atoms with E-state index in [1.54, 1.807) is 0 Å². The van der Waals surface area contributed by atoms with E-state index in [0.29, 0.717) is 19.3 Å². The van der Waals surface area contributed by atoms with Gasteiger partial charge in [0, 0.05) is 25.8 Å². The summed E-state index contributed by atoms with van der Waals surface area (Å²) in [6.45, 7) is 6.12. The zero-order valence-corrected chi connectivity index (χ0v) is 12.0. The lowest BCUT2D eigenvalue weighted by Gasteiger charge is -2.23. The molecule has 0 aromatic heterocycles. The molecule has 1 atom stereocenters. The van der Waals surface area contributed by atoms with E-state index in [0.717, 1.165) is 12.5 Å². The summed E-state index contributed by atoms with van der Waals surface area (Å²) in [4.78, 5) is 0. The van der Waals surface area contributed by atoms with Gasteiger partial charge in [0.2, 0.25) is 0 Å². The Morgan fingerprint density at radius 3 is 2.26 bits per heavy atom. The maximum atomic E-state index is 5.58. The van der Waals surface area contributed by atoms with Gasteiger partial charge < -0.3 is 14.8 Å². The number of hydrogen-bond acceptors (Lipinski definition) is 3. The molecule has 19 heavy (non-hydrogen) atoms. The van der Waals surface area contributed by atoms with E-state index in [-0.39, 0.29) is 6.29 Å². The number of hydrogen-bond donors (Lipinski definition) is 1. The molecule has 0 spiro atoms. The van der Waals surface area contributed by atoms with Crippen LogP contribution in [0.2, 0.25) is 0 Å². The second kappa shape index (κ2) is 7.63. The van der Waals surface area contributed by atoms with Crippen LogP contribution in [0.25, 0.3) is 0 Å². The van der Waals surface area contributed by atoms with Crippen LogP contribution in [-0.2, 0) is 9.47 Å². The SMILES string of the molecule is CCOC(CNC(c1ccccc1)C1CC1)OCC. The first-order valence-electron chi connectivity index (χ1n) is 7.36. The highest BCUT2D eigenvalue weighted by atomic mass is 16.7. The molecule has 1 aliphatic carbocycles. The van der Waals surface area contributed by atoms with E-state index >= 15 is 0 Å². The molecule has 1 aromatic rings. The largest absolute Gasteiger partial charge is 0.352 e. The van der Waals surface area contributed by atoms with Crippen molar-refractivity contribution in [2.75, 3.05) is 19.8 Å². The standard InChI is InChI=1S/C16H25NO2/c1-3-18-15(19-4-2)12-17-16(14-10-11-14)13-8-6-5-7-9-13/h5-9,14-17H,3-4,10-12H2,1-2H3. The molecule has 0 heterocycles. The molecule has 1 aliphatic rings. The minimum absolute atomic E-state index is 0.139. The number of ether oxygens (including phenoxy) is 2. The summed E-state index contributed by atoms with van der Waals surface area (Å²) in [5.41, 5.74) is 1.37. The van der Waals surface area contributed by atoms with Gasteiger partial charge >= 0.3 is 0 Å². The van der Waals surface area contributed by atoms with E-state index in [1.807, 2.05) is 13.8 Å². The Morgan fingerprint density at radius 2 is 1.74 bits per heavy atom. The lowest BCUT2D eigenvalue weighted by molar-refractivity contribution is -0.134. The molecule has 3 nitrogen and oxygen atoms in total. The van der Waals surface area contributed by atoms with Crippen molar-refractivity contribution in [3.63, 3.8) is 0 Å². The first-order chi connectivity index (χ1) is 9.35. The van der Waals surface area contributed by atoms with Crippen LogP contribution < -0.4 is 5.32 Å². The molecular weight excluding hydrogens is 238 g/mol. The average molecular weight is 263 g/mol. The van der Waals surface area contributed by atoms with Crippen molar-refractivity contribution in [1.29, 1.82) is 0 Å². The summed E-state index contributed by atoms with van der Waals surface area (Å²) in [6.07, 6.45) is 2.50. The topological polar surface area (TPSA) is 30.5 Å². The quantitative estimate of drug-likeness (QED) is 0.694. The molecule has 1 unspecified atom stereocenters. The normalized spacial score (nSPS) is 16.8. The van der Waals surface area contributed by atoms with E-state index in [1.165, 1.54) is 18.4 Å². The molecule has 2 rings (SSSR count). The van der Waals surface area contributed by atoms with Gasteiger partial charge in [-0.1, -0.05) is 30.3 Å². The molecule has 106 valence electrons. The summed E-state index contributed by atoms with van der Waals surface area (Å²) in [5.74, 6) is 0.770. The Kier molecular flexibility index (Phi) is 5.83. The van der Waals surface area contributed by atoms with Crippen molar-refractivity contribution in [1.82, 2.24) is 5.32 Å². The minimum Gasteiger partial charge on any atom is -0.352 e. The maximum absolute atomic E-state index is 5.58. The summed E-state index contributed by atoms with van der Waals surface area (Å²) in [6, 6.07) is 11.1. The fourth-order valence-corrected chi connectivity index (χ4v) is 2.41. The predicted octanol–water partition coefficient (Wildman–Crippen LogP) is 3.13. The highest BCUT2D eigenvalue weighted by Crippen LogP contribution is 2.40. The zero-order chi connectivity index (χ0) is 13.5. The first-order valence-corrected chi connectivity index (χ1v) is 7.36. The predicted molar refractivity (Wildman–Crippen MR) is 76.9 cm³/mol. The fourth-order valence-electron chi connectivity index (χ4n) is 2.41. The highest BCUT2D eigenvalue weighted by Gasteiger charge is 2.32. The van der Waals surface area contributed by atoms with Crippen molar-refractivity contribution in [3.05, 3.63) is 35.9 Å². The Balaban J connectivity index is 1.90. The van der Waals surface area contributed by atoms with Crippen LogP contribution in [0.1, 0.15) is 38.3 Å². The molecule has 0 amide bonds. The Bertz CT molecular complexity index is 345. The van der Waals surface area contributed by atoms with Gasteiger partial charge in [0.05, 0.1) is 0 Å². The van der Waals surface area contributed by atoms with Crippen LogP contribution in [0.4, 0.5) is 0 Å². The summed E-state index contributed by atoms with van der Waals surface area (Å²) in [5, 5.41) is 3.62. The van der Waals surface area contributed by atoms with E-state index in [4.69, 9.17) is 9.47 Å². The lowest BCUT2D eigenvalue weighted by atomic mass is 10.0. The van der Waals surface area contributed by atoms with Gasteiger partial charge in [0.25, 0.3) is 0 Å². The average Bonchev–Trinajstić information content (AvgIpc) is 3.25. The fraction of sp³-hybridized carbons (Fsp3) is 0.625. The summed E-state index contributed by atoms with van der Waals surface area (Å²) < 4.78 is 11.2. The molecule has 0 aliphatic heterocycles. The molecule has 0 saturated heterocycles. The van der Waals surface area contributed by atoms with Crippen molar-refractivity contribution in [2.24, 2.45) is 5.92 Å². The van der Waals surface area contributed by atoms with Crippen LogP contribution in [0.3, 0.4) is 0 Å². The summed E-state index contributed by atoms with van der Waals surface area (Å²) in [7, 11) is 0. The van der Waals surface area contributed by atoms with Crippen molar-refractivity contribution in [3.8, 4) is 0 Å². The van der Waals surface area contributed by atoms with Gasteiger partial charge in [-0.15, -0.1) is 0 Å². The van der Waals surface area contributed by atoms with Gasteiger partial charge in [0.1, 0.15) is 0 Å². The summed E-state index contributed by atoms with van der Waals surface area (Å²) >= 11 is 0. The van der Waals surface area contributed by atoms with Crippen molar-refractivity contribution < 1.29 is 9.47 Å². The van der Waals surface area contributed by atoms with Crippen molar-refractivity contribution in [2.45, 2.75) is 39.0 Å². The van der Waals surface area contributed by atoms with Gasteiger partial charge in [-0.2, -0.15) is 0 Å². The molecule has 3 heteroatoms. The van der Waals surface area contributed by atoms with Gasteiger partial charge in [-0.05, 0) is 38.2 Å². The highest BCUT2D eigenvalue weighted by molar-refractivity contribution is 5.21. The lowest BCUT2D eigenvalue weighted by Crippen LogP contribution is -2.34. The molecule has 0 bridgehead atoms. The molecule has 1 aromatic carbocycles. The molecular formula is C16H25NO2. The van der Waals surface area contributed by atoms with Gasteiger partial charge in [0.15, 0.2) is 6.29 Å². The number of nitrogens with one attached hydrogen (secondary N) is 1. The molecule has 1 fully saturated rings. The van der Waals surface area contributed by atoms with Gasteiger partial charge in [-0.3, -0.25) is 0 Å². The monoisotopic (exact) mass is 263 g/mol. The van der Waals surface area contributed by atoms with E-state index in [9.17, 15) is 0 Å². The molecule has 0 radical (unpaired) electrons. The van der Waals surface area contributed by atoms with Crippen LogP contribution >= 0.6 is 0 Å². The number of benzene rings is 1. The van der Waals surface area contributed by atoms with Crippen LogP contribution in [0.15, 0.2) is 30.3 Å². The first kappa shape index (κ1) is 14.5. The van der Waals surface area contributed by atoms with Crippen LogP contribution in [0, 0.1) is 5.92 Å². The third-order valence-electron chi connectivity index (χ3n) is 3.46. The second-order valence-electron chi connectivity index (χ2n) is 4.97. The van der Waals surface area contributed by atoms with Crippen LogP contribution in [0.5, 0.6) is 0 Å². The Hall–Kier alpha value is -0.900. The molecule has 1 saturated carbocycles.